The summed E-state index contributed by atoms with van der Waals surface area (Å²) in [5.41, 5.74) is 1.66. The van der Waals surface area contributed by atoms with Crippen molar-refractivity contribution < 1.29 is 14.3 Å². The number of rotatable bonds is 4. The van der Waals surface area contributed by atoms with Gasteiger partial charge in [0.25, 0.3) is 0 Å². The van der Waals surface area contributed by atoms with Gasteiger partial charge in [-0.05, 0) is 36.4 Å². The molecule has 0 N–H and O–H groups in total. The molecule has 0 aliphatic carbocycles. The predicted octanol–water partition coefficient (Wildman–Crippen LogP) is 4.14. The maximum absolute atomic E-state index is 12.3. The summed E-state index contributed by atoms with van der Waals surface area (Å²) in [6.07, 6.45) is 0. The number of hydrogen-bond acceptors (Lipinski definition) is 3. The fraction of sp³-hybridized carbons (Fsp3) is 0. The molecular formula is C20H14O3. The minimum Gasteiger partial charge on any atom is -0.423 e. The fourth-order valence-corrected chi connectivity index (χ4v) is 2.17. The Labute approximate surface area is 134 Å². The van der Waals surface area contributed by atoms with Gasteiger partial charge in [-0.3, -0.25) is 4.79 Å². The Morgan fingerprint density at radius 3 is 1.61 bits per heavy atom. The molecule has 0 aromatic heterocycles. The molecule has 23 heavy (non-hydrogen) atoms. The van der Waals surface area contributed by atoms with Crippen molar-refractivity contribution >= 4 is 11.8 Å². The quantitative estimate of drug-likeness (QED) is 0.413. The summed E-state index contributed by atoms with van der Waals surface area (Å²) in [6, 6.07) is 24.4. The molecule has 0 spiro atoms. The van der Waals surface area contributed by atoms with Crippen LogP contribution in [0.3, 0.4) is 0 Å². The normalized spacial score (nSPS) is 10.1. The van der Waals surface area contributed by atoms with E-state index in [4.69, 9.17) is 4.74 Å². The zero-order valence-corrected chi connectivity index (χ0v) is 12.3. The predicted molar refractivity (Wildman–Crippen MR) is 87.7 cm³/mol. The Bertz CT molecular complexity index is 807. The Hall–Kier alpha value is -3.20. The molecule has 0 aliphatic heterocycles. The van der Waals surface area contributed by atoms with E-state index in [1.54, 1.807) is 60.7 Å². The number of hydrogen-bond donors (Lipinski definition) is 0. The van der Waals surface area contributed by atoms with Gasteiger partial charge in [0.05, 0.1) is 5.56 Å². The van der Waals surface area contributed by atoms with Gasteiger partial charge in [0.15, 0.2) is 5.78 Å². The standard InChI is InChI=1S/C20H14O3/c21-19(15-7-3-1-4-8-15)16-11-13-18(14-12-16)23-20(22)17-9-5-2-6-10-17/h1-14H. The highest BCUT2D eigenvalue weighted by molar-refractivity contribution is 6.09. The van der Waals surface area contributed by atoms with Crippen molar-refractivity contribution in [2.75, 3.05) is 0 Å². The molecule has 0 heterocycles. The lowest BCUT2D eigenvalue weighted by atomic mass is 10.0. The van der Waals surface area contributed by atoms with Crippen molar-refractivity contribution in [3.63, 3.8) is 0 Å². The topological polar surface area (TPSA) is 43.4 Å². The first-order valence-corrected chi connectivity index (χ1v) is 7.21. The van der Waals surface area contributed by atoms with Gasteiger partial charge >= 0.3 is 5.97 Å². The summed E-state index contributed by atoms with van der Waals surface area (Å²) in [7, 11) is 0. The van der Waals surface area contributed by atoms with E-state index < -0.39 is 5.97 Å². The van der Waals surface area contributed by atoms with E-state index in [2.05, 4.69) is 0 Å². The van der Waals surface area contributed by atoms with Crippen molar-refractivity contribution in [3.05, 3.63) is 102 Å². The van der Waals surface area contributed by atoms with Crippen molar-refractivity contribution in [1.29, 1.82) is 0 Å². The van der Waals surface area contributed by atoms with Gasteiger partial charge in [-0.15, -0.1) is 0 Å². The van der Waals surface area contributed by atoms with E-state index in [-0.39, 0.29) is 5.78 Å². The third-order valence-electron chi connectivity index (χ3n) is 3.37. The monoisotopic (exact) mass is 302 g/mol. The lowest BCUT2D eigenvalue weighted by Gasteiger charge is -2.05. The molecule has 0 fully saturated rings. The Morgan fingerprint density at radius 2 is 1.04 bits per heavy atom. The van der Waals surface area contributed by atoms with E-state index in [1.165, 1.54) is 0 Å². The number of ketones is 1. The summed E-state index contributed by atoms with van der Waals surface area (Å²) in [5.74, 6) is -0.0808. The highest BCUT2D eigenvalue weighted by Crippen LogP contribution is 2.16. The second kappa shape index (κ2) is 6.71. The Morgan fingerprint density at radius 1 is 0.565 bits per heavy atom. The Balaban J connectivity index is 1.73. The summed E-state index contributed by atoms with van der Waals surface area (Å²) in [6.45, 7) is 0. The van der Waals surface area contributed by atoms with Crippen LogP contribution in [0.5, 0.6) is 5.75 Å². The van der Waals surface area contributed by atoms with Crippen LogP contribution in [0.15, 0.2) is 84.9 Å². The van der Waals surface area contributed by atoms with Crippen LogP contribution < -0.4 is 4.74 Å². The molecule has 3 aromatic carbocycles. The largest absolute Gasteiger partial charge is 0.423 e. The molecule has 3 heteroatoms. The molecule has 0 atom stereocenters. The van der Waals surface area contributed by atoms with Gasteiger partial charge in [0, 0.05) is 11.1 Å². The maximum atomic E-state index is 12.3. The van der Waals surface area contributed by atoms with Gasteiger partial charge in [0.2, 0.25) is 0 Å². The molecule has 0 amide bonds. The summed E-state index contributed by atoms with van der Waals surface area (Å²) < 4.78 is 5.29. The third-order valence-corrected chi connectivity index (χ3v) is 3.37. The number of carbonyl (C=O) groups is 2. The van der Waals surface area contributed by atoms with Crippen LogP contribution >= 0.6 is 0 Å². The van der Waals surface area contributed by atoms with Crippen molar-refractivity contribution in [2.24, 2.45) is 0 Å². The summed E-state index contributed by atoms with van der Waals surface area (Å²) in [4.78, 5) is 24.3. The van der Waals surface area contributed by atoms with E-state index >= 15 is 0 Å². The van der Waals surface area contributed by atoms with Crippen LogP contribution in [0.2, 0.25) is 0 Å². The fourth-order valence-electron chi connectivity index (χ4n) is 2.17. The molecule has 0 aliphatic rings. The van der Waals surface area contributed by atoms with E-state index in [9.17, 15) is 9.59 Å². The maximum Gasteiger partial charge on any atom is 0.343 e. The van der Waals surface area contributed by atoms with E-state index in [0.717, 1.165) is 0 Å². The van der Waals surface area contributed by atoms with Gasteiger partial charge < -0.3 is 4.74 Å². The molecule has 0 saturated carbocycles. The van der Waals surface area contributed by atoms with Crippen LogP contribution in [-0.4, -0.2) is 11.8 Å². The van der Waals surface area contributed by atoms with Crippen LogP contribution in [0.4, 0.5) is 0 Å². The van der Waals surface area contributed by atoms with E-state index in [1.807, 2.05) is 24.3 Å². The lowest BCUT2D eigenvalue weighted by Crippen LogP contribution is -2.08. The summed E-state index contributed by atoms with van der Waals surface area (Å²) >= 11 is 0. The highest BCUT2D eigenvalue weighted by Gasteiger charge is 2.10. The van der Waals surface area contributed by atoms with Crippen molar-refractivity contribution in [3.8, 4) is 5.75 Å². The first kappa shape index (κ1) is 14.7. The van der Waals surface area contributed by atoms with E-state index in [0.29, 0.717) is 22.4 Å². The number of ether oxygens (including phenoxy) is 1. The molecule has 3 rings (SSSR count). The van der Waals surface area contributed by atoms with Crippen molar-refractivity contribution in [1.82, 2.24) is 0 Å². The molecule has 0 radical (unpaired) electrons. The molecular weight excluding hydrogens is 288 g/mol. The first-order chi connectivity index (χ1) is 11.2. The average molecular weight is 302 g/mol. The van der Waals surface area contributed by atoms with Crippen LogP contribution in [0, 0.1) is 0 Å². The smallest absolute Gasteiger partial charge is 0.343 e. The molecule has 0 unspecified atom stereocenters. The van der Waals surface area contributed by atoms with Crippen LogP contribution in [0.25, 0.3) is 0 Å². The van der Waals surface area contributed by atoms with Gasteiger partial charge in [-0.1, -0.05) is 48.5 Å². The molecule has 0 bridgehead atoms. The van der Waals surface area contributed by atoms with Gasteiger partial charge in [0.1, 0.15) is 5.75 Å². The zero-order valence-electron chi connectivity index (χ0n) is 12.3. The van der Waals surface area contributed by atoms with Crippen LogP contribution in [-0.2, 0) is 0 Å². The zero-order chi connectivity index (χ0) is 16.1. The summed E-state index contributed by atoms with van der Waals surface area (Å²) in [5, 5.41) is 0. The minimum absolute atomic E-state index is 0.0634. The molecule has 112 valence electrons. The second-order valence-corrected chi connectivity index (χ2v) is 4.98. The molecule has 0 saturated heterocycles. The van der Waals surface area contributed by atoms with Gasteiger partial charge in [-0.25, -0.2) is 4.79 Å². The second-order valence-electron chi connectivity index (χ2n) is 4.98. The molecule has 3 aromatic rings. The van der Waals surface area contributed by atoms with Crippen molar-refractivity contribution in [2.45, 2.75) is 0 Å². The number of carbonyl (C=O) groups excluding carboxylic acids is 2. The lowest BCUT2D eigenvalue weighted by molar-refractivity contribution is 0.0734. The van der Waals surface area contributed by atoms with Crippen LogP contribution in [0.1, 0.15) is 26.3 Å². The first-order valence-electron chi connectivity index (χ1n) is 7.21. The average Bonchev–Trinajstić information content (AvgIpc) is 2.63. The number of benzene rings is 3. The SMILES string of the molecule is O=C(Oc1ccc(C(=O)c2ccccc2)cc1)c1ccccc1. The molecule has 3 nitrogen and oxygen atoms in total. The number of esters is 1. The Kier molecular flexibility index (Phi) is 4.29. The minimum atomic E-state index is -0.423. The third kappa shape index (κ3) is 3.52. The highest BCUT2D eigenvalue weighted by atomic mass is 16.5. The van der Waals surface area contributed by atoms with Gasteiger partial charge in [-0.2, -0.15) is 0 Å².